The SMILES string of the molecule is CCCCCCCCCCCCCCC(O)(CCCC)CC(=O)O. The van der Waals surface area contributed by atoms with Crippen molar-refractivity contribution in [2.45, 2.75) is 129 Å². The summed E-state index contributed by atoms with van der Waals surface area (Å²) in [6, 6.07) is 0. The second kappa shape index (κ2) is 15.9. The number of carboxylic acid groups (broad SMARTS) is 1. The van der Waals surface area contributed by atoms with Gasteiger partial charge in [0.1, 0.15) is 0 Å². The van der Waals surface area contributed by atoms with Crippen molar-refractivity contribution in [3.05, 3.63) is 0 Å². The standard InChI is InChI=1S/C21H42O3/c1-3-5-7-8-9-10-11-12-13-14-15-16-18-21(24,17-6-4-2)19-20(22)23/h24H,3-19H2,1-2H3,(H,22,23). The number of hydrogen-bond acceptors (Lipinski definition) is 2. The van der Waals surface area contributed by atoms with E-state index in [0.29, 0.717) is 12.8 Å². The monoisotopic (exact) mass is 342 g/mol. The third-order valence-corrected chi connectivity index (χ3v) is 4.97. The second-order valence-corrected chi connectivity index (χ2v) is 7.54. The fourth-order valence-corrected chi connectivity index (χ4v) is 3.38. The van der Waals surface area contributed by atoms with Gasteiger partial charge in [0, 0.05) is 0 Å². The summed E-state index contributed by atoms with van der Waals surface area (Å²) < 4.78 is 0. The smallest absolute Gasteiger partial charge is 0.306 e. The molecule has 0 aromatic carbocycles. The van der Waals surface area contributed by atoms with Crippen molar-refractivity contribution in [1.29, 1.82) is 0 Å². The summed E-state index contributed by atoms with van der Waals surface area (Å²) in [5.41, 5.74) is -0.986. The Bertz CT molecular complexity index is 291. The summed E-state index contributed by atoms with van der Waals surface area (Å²) in [5.74, 6) is -0.882. The van der Waals surface area contributed by atoms with Gasteiger partial charge in [0.2, 0.25) is 0 Å². The Morgan fingerprint density at radius 1 is 0.667 bits per heavy atom. The van der Waals surface area contributed by atoms with Crippen LogP contribution in [0.15, 0.2) is 0 Å². The molecule has 0 radical (unpaired) electrons. The number of rotatable bonds is 18. The third-order valence-electron chi connectivity index (χ3n) is 4.97. The number of aliphatic hydroxyl groups is 1. The fraction of sp³-hybridized carbons (Fsp3) is 0.952. The molecule has 0 aliphatic rings. The van der Waals surface area contributed by atoms with Crippen LogP contribution in [-0.2, 0) is 4.79 Å². The van der Waals surface area contributed by atoms with Crippen LogP contribution in [0, 0.1) is 0 Å². The molecule has 3 heteroatoms. The first-order valence-electron chi connectivity index (χ1n) is 10.5. The van der Waals surface area contributed by atoms with Crippen LogP contribution in [-0.4, -0.2) is 21.8 Å². The lowest BCUT2D eigenvalue weighted by molar-refractivity contribution is -0.143. The minimum atomic E-state index is -0.986. The molecule has 0 amide bonds. The molecule has 3 nitrogen and oxygen atoms in total. The van der Waals surface area contributed by atoms with Gasteiger partial charge in [-0.05, 0) is 12.8 Å². The average molecular weight is 343 g/mol. The highest BCUT2D eigenvalue weighted by Crippen LogP contribution is 2.26. The minimum Gasteiger partial charge on any atom is -0.481 e. The zero-order chi connectivity index (χ0) is 18.1. The number of hydrogen-bond donors (Lipinski definition) is 2. The van der Waals surface area contributed by atoms with E-state index in [0.717, 1.165) is 25.7 Å². The van der Waals surface area contributed by atoms with Crippen LogP contribution in [0.3, 0.4) is 0 Å². The molecule has 0 bridgehead atoms. The fourth-order valence-electron chi connectivity index (χ4n) is 3.38. The Hall–Kier alpha value is -0.570. The lowest BCUT2D eigenvalue weighted by Crippen LogP contribution is -2.31. The maximum atomic E-state index is 10.9. The molecule has 144 valence electrons. The molecule has 0 fully saturated rings. The summed E-state index contributed by atoms with van der Waals surface area (Å²) in [6.07, 6.45) is 18.5. The van der Waals surface area contributed by atoms with Gasteiger partial charge in [0.25, 0.3) is 0 Å². The zero-order valence-corrected chi connectivity index (χ0v) is 16.3. The van der Waals surface area contributed by atoms with E-state index in [-0.39, 0.29) is 6.42 Å². The van der Waals surface area contributed by atoms with E-state index < -0.39 is 11.6 Å². The van der Waals surface area contributed by atoms with Crippen molar-refractivity contribution in [3.8, 4) is 0 Å². The van der Waals surface area contributed by atoms with Crippen molar-refractivity contribution in [1.82, 2.24) is 0 Å². The van der Waals surface area contributed by atoms with Gasteiger partial charge in [-0.15, -0.1) is 0 Å². The Labute approximate surface area is 150 Å². The van der Waals surface area contributed by atoms with Crippen molar-refractivity contribution in [3.63, 3.8) is 0 Å². The van der Waals surface area contributed by atoms with E-state index in [2.05, 4.69) is 13.8 Å². The maximum Gasteiger partial charge on any atom is 0.306 e. The van der Waals surface area contributed by atoms with Crippen LogP contribution in [0.2, 0.25) is 0 Å². The van der Waals surface area contributed by atoms with Crippen LogP contribution < -0.4 is 0 Å². The lowest BCUT2D eigenvalue weighted by atomic mass is 9.87. The maximum absolute atomic E-state index is 10.9. The predicted molar refractivity (Wildman–Crippen MR) is 102 cm³/mol. The van der Waals surface area contributed by atoms with E-state index in [9.17, 15) is 9.90 Å². The van der Waals surface area contributed by atoms with Crippen molar-refractivity contribution < 1.29 is 15.0 Å². The summed E-state index contributed by atoms with van der Waals surface area (Å²) in [7, 11) is 0. The summed E-state index contributed by atoms with van der Waals surface area (Å²) in [6.45, 7) is 4.33. The summed E-state index contributed by atoms with van der Waals surface area (Å²) >= 11 is 0. The van der Waals surface area contributed by atoms with Crippen LogP contribution in [0.4, 0.5) is 0 Å². The van der Waals surface area contributed by atoms with Gasteiger partial charge < -0.3 is 10.2 Å². The van der Waals surface area contributed by atoms with Gasteiger partial charge in [-0.1, -0.05) is 104 Å². The Kier molecular flexibility index (Phi) is 15.6. The third kappa shape index (κ3) is 15.0. The number of carboxylic acids is 1. The van der Waals surface area contributed by atoms with Crippen molar-refractivity contribution in [2.24, 2.45) is 0 Å². The Morgan fingerprint density at radius 2 is 1.04 bits per heavy atom. The van der Waals surface area contributed by atoms with Crippen molar-refractivity contribution in [2.75, 3.05) is 0 Å². The first-order chi connectivity index (χ1) is 11.5. The van der Waals surface area contributed by atoms with Crippen LogP contribution >= 0.6 is 0 Å². The van der Waals surface area contributed by atoms with E-state index in [1.807, 2.05) is 0 Å². The molecule has 0 spiro atoms. The van der Waals surface area contributed by atoms with Crippen molar-refractivity contribution >= 4 is 5.97 Å². The molecule has 24 heavy (non-hydrogen) atoms. The topological polar surface area (TPSA) is 57.5 Å². The van der Waals surface area contributed by atoms with E-state index in [1.54, 1.807) is 0 Å². The average Bonchev–Trinajstić information content (AvgIpc) is 2.53. The molecule has 0 aliphatic carbocycles. The molecule has 0 rings (SSSR count). The van der Waals surface area contributed by atoms with Crippen LogP contribution in [0.5, 0.6) is 0 Å². The predicted octanol–water partition coefficient (Wildman–Crippen LogP) is 6.47. The first-order valence-corrected chi connectivity index (χ1v) is 10.5. The van der Waals surface area contributed by atoms with Gasteiger partial charge in [-0.25, -0.2) is 0 Å². The van der Waals surface area contributed by atoms with Gasteiger partial charge in [0.15, 0.2) is 0 Å². The molecular formula is C21H42O3. The van der Waals surface area contributed by atoms with Gasteiger partial charge in [-0.3, -0.25) is 4.79 Å². The van der Waals surface area contributed by atoms with Crippen LogP contribution in [0.25, 0.3) is 0 Å². The minimum absolute atomic E-state index is 0.106. The van der Waals surface area contributed by atoms with E-state index in [1.165, 1.54) is 64.2 Å². The van der Waals surface area contributed by atoms with E-state index in [4.69, 9.17) is 5.11 Å². The van der Waals surface area contributed by atoms with Gasteiger partial charge in [0.05, 0.1) is 12.0 Å². The molecule has 1 unspecified atom stereocenters. The molecule has 0 aliphatic heterocycles. The Morgan fingerprint density at radius 3 is 1.46 bits per heavy atom. The Balaban J connectivity index is 3.56. The highest BCUT2D eigenvalue weighted by molar-refractivity contribution is 5.68. The summed E-state index contributed by atoms with van der Waals surface area (Å²) in [4.78, 5) is 10.9. The molecule has 0 aromatic rings. The largest absolute Gasteiger partial charge is 0.481 e. The number of aliphatic carboxylic acids is 1. The highest BCUT2D eigenvalue weighted by Gasteiger charge is 2.28. The number of unbranched alkanes of at least 4 members (excludes halogenated alkanes) is 12. The highest BCUT2D eigenvalue weighted by atomic mass is 16.4. The molecule has 0 saturated carbocycles. The van der Waals surface area contributed by atoms with Crippen LogP contribution in [0.1, 0.15) is 123 Å². The summed E-state index contributed by atoms with van der Waals surface area (Å²) in [5, 5.41) is 19.5. The first kappa shape index (κ1) is 23.4. The van der Waals surface area contributed by atoms with E-state index >= 15 is 0 Å². The van der Waals surface area contributed by atoms with Gasteiger partial charge >= 0.3 is 5.97 Å². The molecule has 1 atom stereocenters. The quantitative estimate of drug-likeness (QED) is 0.280. The normalized spacial score (nSPS) is 13.8. The van der Waals surface area contributed by atoms with Gasteiger partial charge in [-0.2, -0.15) is 0 Å². The molecule has 2 N–H and O–H groups in total. The second-order valence-electron chi connectivity index (χ2n) is 7.54. The molecule has 0 saturated heterocycles. The lowest BCUT2D eigenvalue weighted by Gasteiger charge is -2.26. The zero-order valence-electron chi connectivity index (χ0n) is 16.3. The molecule has 0 aromatic heterocycles. The molecular weight excluding hydrogens is 300 g/mol. The molecule has 0 heterocycles. The number of carbonyl (C=O) groups is 1.